The van der Waals surface area contributed by atoms with Gasteiger partial charge in [0.2, 0.25) is 0 Å². The van der Waals surface area contributed by atoms with Crippen LogP contribution >= 0.6 is 11.3 Å². The second-order valence-corrected chi connectivity index (χ2v) is 6.34. The number of nitrogens with two attached hydrogens (primary N) is 1. The molecule has 0 aliphatic heterocycles. The Labute approximate surface area is 143 Å². The summed E-state index contributed by atoms with van der Waals surface area (Å²) in [5.74, 6) is 0.991. The van der Waals surface area contributed by atoms with E-state index in [1.54, 1.807) is 18.4 Å². The van der Waals surface area contributed by atoms with Gasteiger partial charge in [0.05, 0.1) is 35.1 Å². The van der Waals surface area contributed by atoms with Crippen LogP contribution in [0.3, 0.4) is 0 Å². The molecular weight excluding hydrogens is 328 g/mol. The molecule has 0 saturated heterocycles. The Bertz CT molecular complexity index is 842. The monoisotopic (exact) mass is 348 g/mol. The first-order chi connectivity index (χ1) is 11.7. The molecule has 2 N–H and O–H groups in total. The number of amides is 1. The lowest BCUT2D eigenvalue weighted by molar-refractivity contribution is 0.154. The summed E-state index contributed by atoms with van der Waals surface area (Å²) in [6, 6.07) is 2.02. The summed E-state index contributed by atoms with van der Waals surface area (Å²) < 4.78 is 13.4. The average molecular weight is 348 g/mol. The van der Waals surface area contributed by atoms with Gasteiger partial charge < -0.3 is 19.8 Å². The Morgan fingerprint density at radius 2 is 2.21 bits per heavy atom. The minimum atomic E-state index is -0.727. The second-order valence-electron chi connectivity index (χ2n) is 5.42. The normalized spacial score (nSPS) is 11.4. The molecular formula is C16H20N4O3S. The van der Waals surface area contributed by atoms with Crippen LogP contribution in [0, 0.1) is 0 Å². The number of nitrogens with zero attached hydrogens (tertiary/aromatic N) is 3. The fourth-order valence-electron chi connectivity index (χ4n) is 2.73. The quantitative estimate of drug-likeness (QED) is 0.632. The van der Waals surface area contributed by atoms with E-state index in [9.17, 15) is 4.79 Å². The molecule has 7 nitrogen and oxygen atoms in total. The van der Waals surface area contributed by atoms with Gasteiger partial charge in [-0.1, -0.05) is 0 Å². The number of ether oxygens (including phenoxy) is 2. The number of carbonyl (C=O) groups excluding carboxylic acids is 1. The van der Waals surface area contributed by atoms with Crippen molar-refractivity contribution in [1.29, 1.82) is 0 Å². The van der Waals surface area contributed by atoms with Gasteiger partial charge in [-0.15, -0.1) is 11.3 Å². The van der Waals surface area contributed by atoms with Crippen LogP contribution in [0.2, 0.25) is 0 Å². The summed E-state index contributed by atoms with van der Waals surface area (Å²) in [4.78, 5) is 19.8. The number of methoxy groups -OCH3 is 1. The molecule has 0 unspecified atom stereocenters. The van der Waals surface area contributed by atoms with Crippen LogP contribution in [0.5, 0.6) is 0 Å². The lowest BCUT2D eigenvalue weighted by Gasteiger charge is -2.09. The van der Waals surface area contributed by atoms with Crippen molar-refractivity contribution < 1.29 is 14.3 Å². The smallest absolute Gasteiger partial charge is 0.404 e. The summed E-state index contributed by atoms with van der Waals surface area (Å²) in [5.41, 5.74) is 8.00. The largest absolute Gasteiger partial charge is 0.450 e. The van der Waals surface area contributed by atoms with E-state index in [2.05, 4.69) is 9.55 Å². The van der Waals surface area contributed by atoms with Gasteiger partial charge in [-0.25, -0.2) is 9.78 Å². The van der Waals surface area contributed by atoms with E-state index in [0.29, 0.717) is 13.2 Å². The van der Waals surface area contributed by atoms with Crippen LogP contribution in [-0.4, -0.2) is 41.0 Å². The zero-order valence-electron chi connectivity index (χ0n) is 13.5. The Morgan fingerprint density at radius 3 is 3.00 bits per heavy atom. The van der Waals surface area contributed by atoms with Crippen molar-refractivity contribution in [1.82, 2.24) is 14.5 Å². The highest BCUT2D eigenvalue weighted by atomic mass is 32.1. The van der Waals surface area contributed by atoms with E-state index in [4.69, 9.17) is 20.2 Å². The van der Waals surface area contributed by atoms with Crippen LogP contribution in [0.25, 0.3) is 21.3 Å². The number of aromatic nitrogens is 3. The molecule has 0 spiro atoms. The first kappa shape index (κ1) is 16.7. The number of aryl methyl sites for hydroxylation is 1. The van der Waals surface area contributed by atoms with Gasteiger partial charge in [-0.2, -0.15) is 0 Å². The SMILES string of the molecule is COCCc1nc2cnc3ccsc3c2n1CCCCOC(N)=O. The molecule has 3 aromatic heterocycles. The number of fused-ring (bicyclic) bond motifs is 3. The number of primary amides is 1. The van der Waals surface area contributed by atoms with Crippen molar-refractivity contribution in [3.8, 4) is 0 Å². The zero-order chi connectivity index (χ0) is 16.9. The molecule has 0 saturated carbocycles. The van der Waals surface area contributed by atoms with Gasteiger partial charge >= 0.3 is 6.09 Å². The maximum Gasteiger partial charge on any atom is 0.404 e. The highest BCUT2D eigenvalue weighted by Crippen LogP contribution is 2.29. The Kier molecular flexibility index (Phi) is 5.27. The van der Waals surface area contributed by atoms with Crippen molar-refractivity contribution in [3.05, 3.63) is 23.5 Å². The molecule has 0 fully saturated rings. The van der Waals surface area contributed by atoms with E-state index in [0.717, 1.165) is 52.9 Å². The van der Waals surface area contributed by atoms with Crippen LogP contribution in [-0.2, 0) is 22.4 Å². The third kappa shape index (κ3) is 3.49. The molecule has 128 valence electrons. The topological polar surface area (TPSA) is 92.3 Å². The summed E-state index contributed by atoms with van der Waals surface area (Å²) in [6.07, 6.45) is 3.47. The molecule has 1 amide bonds. The molecule has 3 aromatic rings. The van der Waals surface area contributed by atoms with E-state index < -0.39 is 6.09 Å². The Balaban J connectivity index is 1.86. The maximum absolute atomic E-state index is 10.6. The minimum Gasteiger partial charge on any atom is -0.450 e. The molecule has 0 aromatic carbocycles. The number of unbranched alkanes of at least 4 members (excludes halogenated alkanes) is 1. The van der Waals surface area contributed by atoms with Crippen LogP contribution in [0.1, 0.15) is 18.7 Å². The molecule has 3 heterocycles. The number of hydrogen-bond acceptors (Lipinski definition) is 6. The fraction of sp³-hybridized carbons (Fsp3) is 0.438. The average Bonchev–Trinajstić information content (AvgIpc) is 3.16. The number of pyridine rings is 1. The third-order valence-corrected chi connectivity index (χ3v) is 4.72. The minimum absolute atomic E-state index is 0.339. The highest BCUT2D eigenvalue weighted by Gasteiger charge is 2.14. The lowest BCUT2D eigenvalue weighted by atomic mass is 10.3. The predicted octanol–water partition coefficient (Wildman–Crippen LogP) is 2.71. The molecule has 0 bridgehead atoms. The van der Waals surface area contributed by atoms with Crippen molar-refractivity contribution in [2.45, 2.75) is 25.8 Å². The molecule has 24 heavy (non-hydrogen) atoms. The van der Waals surface area contributed by atoms with E-state index >= 15 is 0 Å². The van der Waals surface area contributed by atoms with Gasteiger partial charge in [0, 0.05) is 20.1 Å². The van der Waals surface area contributed by atoms with Crippen molar-refractivity contribution >= 4 is 38.7 Å². The molecule has 0 radical (unpaired) electrons. The standard InChI is InChI=1S/C16H20N4O3S/c1-22-8-4-13-19-12-10-18-11-5-9-24-15(11)14(12)20(13)6-2-3-7-23-16(17)21/h5,9-10H,2-4,6-8H2,1H3,(H2,17,21). The van der Waals surface area contributed by atoms with Crippen LogP contribution in [0.15, 0.2) is 17.6 Å². The third-order valence-electron chi connectivity index (χ3n) is 3.81. The van der Waals surface area contributed by atoms with E-state index in [1.807, 2.05) is 17.6 Å². The first-order valence-electron chi connectivity index (χ1n) is 7.83. The summed E-state index contributed by atoms with van der Waals surface area (Å²) in [5, 5.41) is 2.05. The summed E-state index contributed by atoms with van der Waals surface area (Å²) >= 11 is 1.68. The van der Waals surface area contributed by atoms with Crippen molar-refractivity contribution in [3.63, 3.8) is 0 Å². The Morgan fingerprint density at radius 1 is 1.33 bits per heavy atom. The highest BCUT2D eigenvalue weighted by molar-refractivity contribution is 7.18. The molecule has 0 aliphatic carbocycles. The fourth-order valence-corrected chi connectivity index (χ4v) is 3.63. The molecule has 0 aliphatic rings. The zero-order valence-corrected chi connectivity index (χ0v) is 14.3. The number of hydrogen-bond donors (Lipinski definition) is 1. The Hall–Kier alpha value is -2.19. The molecule has 0 atom stereocenters. The van der Waals surface area contributed by atoms with Gasteiger partial charge in [0.15, 0.2) is 0 Å². The number of rotatable bonds is 8. The van der Waals surface area contributed by atoms with Crippen LogP contribution in [0.4, 0.5) is 4.79 Å². The molecule has 8 heteroatoms. The first-order valence-corrected chi connectivity index (χ1v) is 8.71. The second kappa shape index (κ2) is 7.59. The van der Waals surface area contributed by atoms with Gasteiger partial charge in [0.1, 0.15) is 11.3 Å². The lowest BCUT2D eigenvalue weighted by Crippen LogP contribution is -2.14. The number of thiophene rings is 1. The van der Waals surface area contributed by atoms with Gasteiger partial charge in [-0.3, -0.25) is 4.98 Å². The van der Waals surface area contributed by atoms with E-state index in [1.165, 1.54) is 0 Å². The number of carbonyl (C=O) groups is 1. The summed E-state index contributed by atoms with van der Waals surface area (Å²) in [6.45, 7) is 1.76. The van der Waals surface area contributed by atoms with Crippen molar-refractivity contribution in [2.24, 2.45) is 5.73 Å². The predicted molar refractivity (Wildman–Crippen MR) is 93.3 cm³/mol. The van der Waals surface area contributed by atoms with Gasteiger partial charge in [0.25, 0.3) is 0 Å². The van der Waals surface area contributed by atoms with Crippen molar-refractivity contribution in [2.75, 3.05) is 20.3 Å². The maximum atomic E-state index is 10.6. The summed E-state index contributed by atoms with van der Waals surface area (Å²) in [7, 11) is 1.69. The molecule has 3 rings (SSSR count). The van der Waals surface area contributed by atoms with Crippen LogP contribution < -0.4 is 5.73 Å². The number of imidazole rings is 1. The van der Waals surface area contributed by atoms with Gasteiger partial charge in [-0.05, 0) is 24.3 Å². The van der Waals surface area contributed by atoms with E-state index in [-0.39, 0.29) is 0 Å².